The van der Waals surface area contributed by atoms with Crippen molar-refractivity contribution in [2.75, 3.05) is 11.9 Å². The quantitative estimate of drug-likeness (QED) is 0.817. The molecule has 2 rings (SSSR count). The van der Waals surface area contributed by atoms with Gasteiger partial charge in [-0.25, -0.2) is 4.39 Å². The van der Waals surface area contributed by atoms with Crippen LogP contribution in [-0.2, 0) is 5.75 Å². The topological polar surface area (TPSA) is 37.8 Å². The largest absolute Gasteiger partial charge is 0.360 e. The number of nitrogens with zero attached hydrogens (tertiary/aromatic N) is 2. The van der Waals surface area contributed by atoms with Crippen LogP contribution >= 0.6 is 23.1 Å². The molecule has 0 radical (unpaired) electrons. The van der Waals surface area contributed by atoms with Crippen molar-refractivity contribution >= 4 is 28.2 Å². The van der Waals surface area contributed by atoms with Crippen LogP contribution in [0.5, 0.6) is 0 Å². The number of hydrogen-bond acceptors (Lipinski definition) is 5. The summed E-state index contributed by atoms with van der Waals surface area (Å²) < 4.78 is 13.9. The van der Waals surface area contributed by atoms with Crippen molar-refractivity contribution in [3.8, 4) is 0 Å². The molecule has 0 aliphatic carbocycles. The van der Waals surface area contributed by atoms with E-state index in [1.165, 1.54) is 17.4 Å². The highest BCUT2D eigenvalue weighted by molar-refractivity contribution is 8.00. The lowest BCUT2D eigenvalue weighted by molar-refractivity contribution is 0.626. The molecule has 1 heterocycles. The smallest absolute Gasteiger partial charge is 0.206 e. The van der Waals surface area contributed by atoms with Crippen molar-refractivity contribution in [1.82, 2.24) is 10.2 Å². The lowest BCUT2D eigenvalue weighted by Gasteiger charge is -2.03. The molecule has 3 nitrogen and oxygen atoms in total. The fourth-order valence-corrected chi connectivity index (χ4v) is 3.10. The highest BCUT2D eigenvalue weighted by Gasteiger charge is 2.05. The lowest BCUT2D eigenvalue weighted by atomic mass is 10.2. The Hall–Kier alpha value is -1.14. The van der Waals surface area contributed by atoms with Gasteiger partial charge in [0.05, 0.1) is 0 Å². The zero-order valence-corrected chi connectivity index (χ0v) is 12.5. The summed E-state index contributed by atoms with van der Waals surface area (Å²) in [6.45, 7) is 5.19. The number of aromatic nitrogens is 2. The second kappa shape index (κ2) is 6.86. The molecule has 102 valence electrons. The summed E-state index contributed by atoms with van der Waals surface area (Å²) >= 11 is 3.11. The first-order valence-corrected chi connectivity index (χ1v) is 7.88. The molecular weight excluding hydrogens is 281 g/mol. The summed E-state index contributed by atoms with van der Waals surface area (Å²) in [4.78, 5) is 0. The Kier molecular flexibility index (Phi) is 5.15. The third-order valence-electron chi connectivity index (χ3n) is 2.32. The average Bonchev–Trinajstić information content (AvgIpc) is 2.82. The van der Waals surface area contributed by atoms with Crippen LogP contribution < -0.4 is 5.32 Å². The van der Waals surface area contributed by atoms with Gasteiger partial charge >= 0.3 is 0 Å². The van der Waals surface area contributed by atoms with E-state index in [4.69, 9.17) is 0 Å². The minimum Gasteiger partial charge on any atom is -0.360 e. The number of halogens is 1. The van der Waals surface area contributed by atoms with Gasteiger partial charge in [-0.1, -0.05) is 49.1 Å². The first kappa shape index (κ1) is 14.3. The molecule has 0 spiro atoms. The summed E-state index contributed by atoms with van der Waals surface area (Å²) in [7, 11) is 0. The van der Waals surface area contributed by atoms with Gasteiger partial charge in [0, 0.05) is 12.3 Å². The van der Waals surface area contributed by atoms with E-state index in [0.29, 0.717) is 11.7 Å². The third-order valence-corrected chi connectivity index (χ3v) is 4.40. The van der Waals surface area contributed by atoms with Crippen LogP contribution in [-0.4, -0.2) is 16.7 Å². The SMILES string of the molecule is CC(C)CNc1nnc(SCc2cccc(F)c2)s1. The van der Waals surface area contributed by atoms with Crippen LogP contribution in [0.3, 0.4) is 0 Å². The van der Waals surface area contributed by atoms with E-state index in [9.17, 15) is 4.39 Å². The first-order valence-electron chi connectivity index (χ1n) is 6.08. The number of hydrogen-bond donors (Lipinski definition) is 1. The molecule has 0 unspecified atom stereocenters. The Balaban J connectivity index is 1.86. The van der Waals surface area contributed by atoms with E-state index in [1.54, 1.807) is 23.9 Å². The van der Waals surface area contributed by atoms with Crippen LogP contribution in [0, 0.1) is 11.7 Å². The fraction of sp³-hybridized carbons (Fsp3) is 0.385. The molecule has 19 heavy (non-hydrogen) atoms. The fourth-order valence-electron chi connectivity index (χ4n) is 1.40. The molecule has 0 aliphatic rings. The summed E-state index contributed by atoms with van der Waals surface area (Å²) in [6.07, 6.45) is 0. The molecule has 0 amide bonds. The number of nitrogens with one attached hydrogen (secondary N) is 1. The van der Waals surface area contributed by atoms with Gasteiger partial charge in [0.25, 0.3) is 0 Å². The molecular formula is C13H16FN3S2. The summed E-state index contributed by atoms with van der Waals surface area (Å²) in [5, 5.41) is 12.3. The van der Waals surface area contributed by atoms with Crippen molar-refractivity contribution in [1.29, 1.82) is 0 Å². The zero-order chi connectivity index (χ0) is 13.7. The maximum Gasteiger partial charge on any atom is 0.206 e. The number of anilines is 1. The van der Waals surface area contributed by atoms with Gasteiger partial charge in [0.15, 0.2) is 4.34 Å². The summed E-state index contributed by atoms with van der Waals surface area (Å²) in [5.74, 6) is 1.08. The zero-order valence-electron chi connectivity index (χ0n) is 10.9. The number of rotatable bonds is 6. The maximum absolute atomic E-state index is 13.0. The summed E-state index contributed by atoms with van der Waals surface area (Å²) in [5.41, 5.74) is 0.955. The van der Waals surface area contributed by atoms with E-state index in [2.05, 4.69) is 29.4 Å². The highest BCUT2D eigenvalue weighted by Crippen LogP contribution is 2.28. The molecule has 1 aromatic heterocycles. The Labute approximate surface area is 120 Å². The summed E-state index contributed by atoms with van der Waals surface area (Å²) in [6, 6.07) is 6.63. The van der Waals surface area contributed by atoms with Crippen molar-refractivity contribution in [3.63, 3.8) is 0 Å². The van der Waals surface area contributed by atoms with Crippen molar-refractivity contribution < 1.29 is 4.39 Å². The monoisotopic (exact) mass is 297 g/mol. The maximum atomic E-state index is 13.0. The molecule has 1 aromatic carbocycles. The Morgan fingerprint density at radius 1 is 1.37 bits per heavy atom. The minimum absolute atomic E-state index is 0.199. The molecule has 0 bridgehead atoms. The Morgan fingerprint density at radius 2 is 2.21 bits per heavy atom. The van der Waals surface area contributed by atoms with Gasteiger partial charge in [0.1, 0.15) is 5.82 Å². The second-order valence-electron chi connectivity index (χ2n) is 4.57. The Morgan fingerprint density at radius 3 is 2.95 bits per heavy atom. The third kappa shape index (κ3) is 4.80. The van der Waals surface area contributed by atoms with Crippen LogP contribution in [0.4, 0.5) is 9.52 Å². The number of thioether (sulfide) groups is 1. The predicted molar refractivity (Wildman–Crippen MR) is 79.2 cm³/mol. The molecule has 0 fully saturated rings. The average molecular weight is 297 g/mol. The van der Waals surface area contributed by atoms with Gasteiger partial charge in [0.2, 0.25) is 5.13 Å². The van der Waals surface area contributed by atoms with Gasteiger partial charge in [-0.3, -0.25) is 0 Å². The van der Waals surface area contributed by atoms with Crippen LogP contribution in [0.15, 0.2) is 28.6 Å². The van der Waals surface area contributed by atoms with E-state index < -0.39 is 0 Å². The minimum atomic E-state index is -0.199. The molecule has 1 N–H and O–H groups in total. The van der Waals surface area contributed by atoms with E-state index in [-0.39, 0.29) is 5.82 Å². The standard InChI is InChI=1S/C13H16FN3S2/c1-9(2)7-15-12-16-17-13(19-12)18-8-10-4-3-5-11(14)6-10/h3-6,9H,7-8H2,1-2H3,(H,15,16). The van der Waals surface area contributed by atoms with Gasteiger partial charge in [-0.15, -0.1) is 10.2 Å². The lowest BCUT2D eigenvalue weighted by Crippen LogP contribution is -2.07. The normalized spacial score (nSPS) is 10.9. The van der Waals surface area contributed by atoms with Crippen molar-refractivity contribution in [2.45, 2.75) is 23.9 Å². The molecule has 0 atom stereocenters. The van der Waals surface area contributed by atoms with Crippen LogP contribution in [0.1, 0.15) is 19.4 Å². The van der Waals surface area contributed by atoms with Crippen LogP contribution in [0.25, 0.3) is 0 Å². The van der Waals surface area contributed by atoms with E-state index >= 15 is 0 Å². The first-order chi connectivity index (χ1) is 9.13. The van der Waals surface area contributed by atoms with Gasteiger partial charge < -0.3 is 5.32 Å². The van der Waals surface area contributed by atoms with E-state index in [1.807, 2.05) is 6.07 Å². The van der Waals surface area contributed by atoms with Crippen molar-refractivity contribution in [3.05, 3.63) is 35.6 Å². The molecule has 0 saturated heterocycles. The molecule has 0 saturated carbocycles. The number of benzene rings is 1. The van der Waals surface area contributed by atoms with Crippen molar-refractivity contribution in [2.24, 2.45) is 5.92 Å². The Bertz CT molecular complexity index is 528. The molecule has 0 aliphatic heterocycles. The van der Waals surface area contributed by atoms with E-state index in [0.717, 1.165) is 21.6 Å². The van der Waals surface area contributed by atoms with Crippen LogP contribution in [0.2, 0.25) is 0 Å². The molecule has 2 aromatic rings. The molecule has 6 heteroatoms. The highest BCUT2D eigenvalue weighted by atomic mass is 32.2. The predicted octanol–water partition coefficient (Wildman–Crippen LogP) is 4.04. The van der Waals surface area contributed by atoms with Gasteiger partial charge in [-0.05, 0) is 23.6 Å². The van der Waals surface area contributed by atoms with Gasteiger partial charge in [-0.2, -0.15) is 0 Å². The second-order valence-corrected chi connectivity index (χ2v) is 6.77.